The van der Waals surface area contributed by atoms with E-state index in [9.17, 15) is 4.79 Å². The first-order valence-corrected chi connectivity index (χ1v) is 6.72. The van der Waals surface area contributed by atoms with Gasteiger partial charge in [-0.1, -0.05) is 0 Å². The minimum atomic E-state index is -0.0590. The minimum absolute atomic E-state index is 0.0590. The van der Waals surface area contributed by atoms with Gasteiger partial charge in [0, 0.05) is 18.3 Å². The molecule has 20 heavy (non-hydrogen) atoms. The fraction of sp³-hybridized carbons (Fsp3) is 0.467. The number of rotatable bonds is 4. The van der Waals surface area contributed by atoms with E-state index in [0.29, 0.717) is 23.8 Å². The molecule has 1 aromatic carbocycles. The van der Waals surface area contributed by atoms with Gasteiger partial charge in [-0.25, -0.2) is 0 Å². The molecule has 5 nitrogen and oxygen atoms in total. The summed E-state index contributed by atoms with van der Waals surface area (Å²) in [5.41, 5.74) is 1.29. The maximum atomic E-state index is 12.0. The van der Waals surface area contributed by atoms with E-state index in [1.807, 2.05) is 24.9 Å². The summed E-state index contributed by atoms with van der Waals surface area (Å²) in [5, 5.41) is 11.6. The Morgan fingerprint density at radius 1 is 1.50 bits per heavy atom. The molecule has 0 aromatic heterocycles. The van der Waals surface area contributed by atoms with Crippen molar-refractivity contribution in [3.8, 4) is 6.07 Å². The van der Waals surface area contributed by atoms with Crippen LogP contribution in [0.15, 0.2) is 24.3 Å². The zero-order chi connectivity index (χ0) is 14.5. The monoisotopic (exact) mass is 273 g/mol. The highest BCUT2D eigenvalue weighted by Crippen LogP contribution is 2.18. The summed E-state index contributed by atoms with van der Waals surface area (Å²) < 4.78 is 5.51. The number of carbonyl (C=O) groups is 1. The van der Waals surface area contributed by atoms with Crippen LogP contribution in [-0.2, 0) is 9.53 Å². The lowest BCUT2D eigenvalue weighted by molar-refractivity contribution is -0.117. The molecule has 1 aliphatic heterocycles. The van der Waals surface area contributed by atoms with E-state index < -0.39 is 0 Å². The molecule has 1 N–H and O–H groups in total. The fourth-order valence-electron chi connectivity index (χ4n) is 2.47. The highest BCUT2D eigenvalue weighted by Gasteiger charge is 2.28. The van der Waals surface area contributed by atoms with Gasteiger partial charge in [-0.2, -0.15) is 5.26 Å². The topological polar surface area (TPSA) is 65.4 Å². The lowest BCUT2D eigenvalue weighted by atomic mass is 10.1. The van der Waals surface area contributed by atoms with Gasteiger partial charge in [0.25, 0.3) is 0 Å². The van der Waals surface area contributed by atoms with Gasteiger partial charge < -0.3 is 10.1 Å². The molecule has 2 rings (SSSR count). The molecule has 1 fully saturated rings. The summed E-state index contributed by atoms with van der Waals surface area (Å²) in [7, 11) is 1.94. The first-order valence-electron chi connectivity index (χ1n) is 6.72. The van der Waals surface area contributed by atoms with Crippen molar-refractivity contribution in [2.45, 2.75) is 25.5 Å². The van der Waals surface area contributed by atoms with Crippen molar-refractivity contribution in [2.75, 3.05) is 25.5 Å². The Kier molecular flexibility index (Phi) is 4.72. The van der Waals surface area contributed by atoms with Gasteiger partial charge in [-0.3, -0.25) is 9.69 Å². The van der Waals surface area contributed by atoms with Gasteiger partial charge in [-0.05, 0) is 44.7 Å². The second-order valence-electron chi connectivity index (χ2n) is 5.08. The zero-order valence-electron chi connectivity index (χ0n) is 11.8. The summed E-state index contributed by atoms with van der Waals surface area (Å²) in [6, 6.07) is 9.18. The smallest absolute Gasteiger partial charge is 0.238 e. The molecular weight excluding hydrogens is 254 g/mol. The van der Waals surface area contributed by atoms with Gasteiger partial charge in [0.15, 0.2) is 0 Å². The van der Waals surface area contributed by atoms with Gasteiger partial charge in [0.2, 0.25) is 5.91 Å². The number of nitrogens with one attached hydrogen (secondary N) is 1. The van der Waals surface area contributed by atoms with Crippen LogP contribution >= 0.6 is 0 Å². The van der Waals surface area contributed by atoms with E-state index in [2.05, 4.69) is 5.32 Å². The SMILES string of the molecule is CC1OCCC1N(C)CC(=O)Nc1ccc(C#N)cc1. The van der Waals surface area contributed by atoms with E-state index in [4.69, 9.17) is 10.00 Å². The molecule has 2 atom stereocenters. The average Bonchev–Trinajstić information content (AvgIpc) is 2.86. The molecule has 0 bridgehead atoms. The second-order valence-corrected chi connectivity index (χ2v) is 5.08. The first-order chi connectivity index (χ1) is 9.60. The van der Waals surface area contributed by atoms with Crippen LogP contribution in [0.3, 0.4) is 0 Å². The number of ether oxygens (including phenoxy) is 1. The standard InChI is InChI=1S/C15H19N3O2/c1-11-14(7-8-20-11)18(2)10-15(19)17-13-5-3-12(9-16)4-6-13/h3-6,11,14H,7-8,10H2,1-2H3,(H,17,19). The summed E-state index contributed by atoms with van der Waals surface area (Å²) in [6.45, 7) is 3.12. The molecule has 106 valence electrons. The third kappa shape index (κ3) is 3.56. The summed E-state index contributed by atoms with van der Waals surface area (Å²) >= 11 is 0. The van der Waals surface area contributed by atoms with Crippen LogP contribution in [0.2, 0.25) is 0 Å². The van der Waals surface area contributed by atoms with E-state index >= 15 is 0 Å². The van der Waals surface area contributed by atoms with E-state index in [0.717, 1.165) is 13.0 Å². The molecule has 0 radical (unpaired) electrons. The Labute approximate surface area is 119 Å². The molecule has 5 heteroatoms. The van der Waals surface area contributed by atoms with Crippen LogP contribution < -0.4 is 5.32 Å². The number of nitrogens with zero attached hydrogens (tertiary/aromatic N) is 2. The quantitative estimate of drug-likeness (QED) is 0.905. The fourth-order valence-corrected chi connectivity index (χ4v) is 2.47. The van der Waals surface area contributed by atoms with Gasteiger partial charge in [0.05, 0.1) is 24.3 Å². The molecule has 0 aliphatic carbocycles. The minimum Gasteiger partial charge on any atom is -0.377 e. The van der Waals surface area contributed by atoms with Crippen LogP contribution in [0, 0.1) is 11.3 Å². The van der Waals surface area contributed by atoms with Gasteiger partial charge in [0.1, 0.15) is 0 Å². The number of likely N-dealkylation sites (N-methyl/N-ethyl adjacent to an activating group) is 1. The summed E-state index contributed by atoms with van der Waals surface area (Å²) in [6.07, 6.45) is 1.13. The summed E-state index contributed by atoms with van der Waals surface area (Å²) in [4.78, 5) is 14.0. The lowest BCUT2D eigenvalue weighted by Gasteiger charge is -2.25. The molecule has 0 spiro atoms. The van der Waals surface area contributed by atoms with Gasteiger partial charge in [-0.15, -0.1) is 0 Å². The Balaban J connectivity index is 1.87. The normalized spacial score (nSPS) is 21.7. The predicted molar refractivity (Wildman–Crippen MR) is 76.2 cm³/mol. The second kappa shape index (κ2) is 6.51. The van der Waals surface area contributed by atoms with Crippen molar-refractivity contribution in [1.82, 2.24) is 4.90 Å². The third-order valence-electron chi connectivity index (χ3n) is 3.59. The number of hydrogen-bond acceptors (Lipinski definition) is 4. The van der Waals surface area contributed by atoms with Crippen molar-refractivity contribution in [3.63, 3.8) is 0 Å². The average molecular weight is 273 g/mol. The lowest BCUT2D eigenvalue weighted by Crippen LogP contribution is -2.41. The number of nitriles is 1. The van der Waals surface area contributed by atoms with Crippen LogP contribution in [0.25, 0.3) is 0 Å². The Morgan fingerprint density at radius 2 is 2.20 bits per heavy atom. The number of anilines is 1. The number of amides is 1. The molecular formula is C15H19N3O2. The van der Waals surface area contributed by atoms with Crippen LogP contribution in [0.1, 0.15) is 18.9 Å². The van der Waals surface area contributed by atoms with Crippen molar-refractivity contribution >= 4 is 11.6 Å². The van der Waals surface area contributed by atoms with E-state index in [1.165, 1.54) is 0 Å². The maximum absolute atomic E-state index is 12.0. The zero-order valence-corrected chi connectivity index (χ0v) is 11.8. The van der Waals surface area contributed by atoms with E-state index in [-0.39, 0.29) is 12.0 Å². The molecule has 1 aromatic rings. The van der Waals surface area contributed by atoms with Crippen molar-refractivity contribution in [1.29, 1.82) is 5.26 Å². The van der Waals surface area contributed by atoms with Crippen LogP contribution in [-0.4, -0.2) is 43.2 Å². The van der Waals surface area contributed by atoms with Crippen LogP contribution in [0.5, 0.6) is 0 Å². The maximum Gasteiger partial charge on any atom is 0.238 e. The number of benzene rings is 1. The molecule has 2 unspecified atom stereocenters. The van der Waals surface area contributed by atoms with Crippen LogP contribution in [0.4, 0.5) is 5.69 Å². The summed E-state index contributed by atoms with van der Waals surface area (Å²) in [5.74, 6) is -0.0590. The third-order valence-corrected chi connectivity index (χ3v) is 3.59. The Morgan fingerprint density at radius 3 is 2.75 bits per heavy atom. The highest BCUT2D eigenvalue weighted by molar-refractivity contribution is 5.92. The van der Waals surface area contributed by atoms with Gasteiger partial charge >= 0.3 is 0 Å². The Hall–Kier alpha value is -1.90. The molecule has 1 aliphatic rings. The van der Waals surface area contributed by atoms with E-state index in [1.54, 1.807) is 24.3 Å². The first kappa shape index (κ1) is 14.5. The molecule has 1 saturated heterocycles. The van der Waals surface area contributed by atoms with Crippen molar-refractivity contribution in [3.05, 3.63) is 29.8 Å². The van der Waals surface area contributed by atoms with Crippen molar-refractivity contribution in [2.24, 2.45) is 0 Å². The number of carbonyl (C=O) groups excluding carboxylic acids is 1. The number of hydrogen-bond donors (Lipinski definition) is 1. The largest absolute Gasteiger partial charge is 0.377 e. The highest BCUT2D eigenvalue weighted by atomic mass is 16.5. The predicted octanol–water partition coefficient (Wildman–Crippen LogP) is 1.61. The molecule has 0 saturated carbocycles. The Bertz CT molecular complexity index is 507. The molecule has 1 amide bonds. The van der Waals surface area contributed by atoms with Crippen molar-refractivity contribution < 1.29 is 9.53 Å². The molecule has 1 heterocycles.